The van der Waals surface area contributed by atoms with E-state index in [1.165, 1.54) is 13.4 Å². The van der Waals surface area contributed by atoms with Crippen LogP contribution in [0.4, 0.5) is 4.79 Å². The molecule has 1 aromatic carbocycles. The van der Waals surface area contributed by atoms with Crippen LogP contribution in [0.5, 0.6) is 11.5 Å². The van der Waals surface area contributed by atoms with Gasteiger partial charge < -0.3 is 19.7 Å². The molecule has 3 rings (SSSR count). The number of nitrogens with zero attached hydrogens (tertiary/aromatic N) is 3. The van der Waals surface area contributed by atoms with Crippen LogP contribution in [0.3, 0.4) is 0 Å². The van der Waals surface area contributed by atoms with Gasteiger partial charge in [-0.1, -0.05) is 11.6 Å². The third kappa shape index (κ3) is 3.43. The number of piperidine rings is 1. The van der Waals surface area contributed by atoms with Crippen molar-refractivity contribution in [3.05, 3.63) is 23.6 Å². The number of hydrogen-bond acceptors (Lipinski definition) is 6. The zero-order valence-electron chi connectivity index (χ0n) is 13.8. The fourth-order valence-electron chi connectivity index (χ4n) is 2.97. The van der Waals surface area contributed by atoms with Gasteiger partial charge in [-0.3, -0.25) is 4.90 Å². The maximum absolute atomic E-state index is 11.4. The molecule has 1 aliphatic rings. The second-order valence-electron chi connectivity index (χ2n) is 5.78. The predicted octanol–water partition coefficient (Wildman–Crippen LogP) is 2.27. The van der Waals surface area contributed by atoms with Crippen molar-refractivity contribution in [2.45, 2.75) is 25.0 Å². The summed E-state index contributed by atoms with van der Waals surface area (Å²) in [6, 6.07) is 2.12. The lowest BCUT2D eigenvalue weighted by molar-refractivity contribution is -0.145. The van der Waals surface area contributed by atoms with Gasteiger partial charge in [-0.05, 0) is 6.07 Å². The van der Waals surface area contributed by atoms with Crippen molar-refractivity contribution >= 4 is 34.6 Å². The van der Waals surface area contributed by atoms with Gasteiger partial charge in [0, 0.05) is 30.8 Å². The Morgan fingerprint density at radius 3 is 2.69 bits per heavy atom. The molecule has 1 aliphatic heterocycles. The lowest BCUT2D eigenvalue weighted by atomic mass is 9.99. The van der Waals surface area contributed by atoms with Crippen molar-refractivity contribution < 1.29 is 29.3 Å². The van der Waals surface area contributed by atoms with E-state index < -0.39 is 24.2 Å². The van der Waals surface area contributed by atoms with Gasteiger partial charge in [0.25, 0.3) is 0 Å². The third-order valence-corrected chi connectivity index (χ3v) is 4.55. The Morgan fingerprint density at radius 1 is 1.27 bits per heavy atom. The average molecular weight is 382 g/mol. The van der Waals surface area contributed by atoms with Gasteiger partial charge in [0.1, 0.15) is 23.6 Å². The summed E-state index contributed by atoms with van der Waals surface area (Å²) in [5.41, 5.74) is 0.582. The quantitative estimate of drug-likeness (QED) is 0.773. The first kappa shape index (κ1) is 18.0. The lowest BCUT2D eigenvalue weighted by Crippen LogP contribution is -2.51. The third-order valence-electron chi connectivity index (χ3n) is 4.25. The number of aromatic nitrogens is 2. The fourth-order valence-corrected chi connectivity index (χ4v) is 3.16. The highest BCUT2D eigenvalue weighted by atomic mass is 35.5. The molecular formula is C16H16ClN3O6. The van der Waals surface area contributed by atoms with Crippen molar-refractivity contribution in [1.82, 2.24) is 14.9 Å². The molecule has 2 atom stereocenters. The summed E-state index contributed by atoms with van der Waals surface area (Å²) >= 11 is 6.09. The molecule has 1 aromatic heterocycles. The number of ether oxygens (including phenoxy) is 2. The summed E-state index contributed by atoms with van der Waals surface area (Å²) in [6.07, 6.45) is -0.0217. The molecule has 0 saturated carbocycles. The maximum Gasteiger partial charge on any atom is 0.408 e. The van der Waals surface area contributed by atoms with Crippen LogP contribution in [0, 0.1) is 0 Å². The molecule has 26 heavy (non-hydrogen) atoms. The van der Waals surface area contributed by atoms with E-state index in [1.807, 2.05) is 0 Å². The van der Waals surface area contributed by atoms with E-state index in [0.29, 0.717) is 28.8 Å². The highest BCUT2D eigenvalue weighted by Gasteiger charge is 2.37. The molecule has 0 unspecified atom stereocenters. The van der Waals surface area contributed by atoms with E-state index in [4.69, 9.17) is 26.2 Å². The molecule has 2 N–H and O–H groups in total. The van der Waals surface area contributed by atoms with Gasteiger partial charge >= 0.3 is 12.1 Å². The molecule has 0 aliphatic carbocycles. The number of hydrogen-bond donors (Lipinski definition) is 2. The Bertz CT molecular complexity index is 861. The zero-order chi connectivity index (χ0) is 18.8. The standard InChI is InChI=1S/C16H16ClN3O6/c1-25-12-6-10-9(14(17)19-7-18-10)5-13(12)26-8-2-3-20(16(23)24)11(4-8)15(21)22/h5-8,11H,2-4H2,1H3,(H,21,22)(H,23,24)/t8-,11+/m0/s1. The molecule has 1 amide bonds. The predicted molar refractivity (Wildman–Crippen MR) is 90.9 cm³/mol. The minimum absolute atomic E-state index is 0.0296. The van der Waals surface area contributed by atoms with Gasteiger partial charge in [-0.2, -0.15) is 0 Å². The molecule has 138 valence electrons. The van der Waals surface area contributed by atoms with Gasteiger partial charge in [0.05, 0.1) is 12.6 Å². The number of rotatable bonds is 4. The summed E-state index contributed by atoms with van der Waals surface area (Å²) in [6.45, 7) is 0.0662. The smallest absolute Gasteiger partial charge is 0.408 e. The van der Waals surface area contributed by atoms with Crippen molar-refractivity contribution in [3.8, 4) is 11.5 Å². The number of fused-ring (bicyclic) bond motifs is 1. The molecular weight excluding hydrogens is 366 g/mol. The van der Waals surface area contributed by atoms with E-state index >= 15 is 0 Å². The SMILES string of the molecule is COc1cc2ncnc(Cl)c2cc1O[C@H]1CCN(C(=O)O)[C@@H](C(=O)O)C1. The van der Waals surface area contributed by atoms with Crippen LogP contribution in [-0.2, 0) is 4.79 Å². The van der Waals surface area contributed by atoms with Gasteiger partial charge in [0.15, 0.2) is 11.5 Å². The summed E-state index contributed by atoms with van der Waals surface area (Å²) in [5, 5.41) is 19.3. The Labute approximate surface area is 153 Å². The molecule has 1 fully saturated rings. The number of likely N-dealkylation sites (tertiary alicyclic amines) is 1. The minimum Gasteiger partial charge on any atom is -0.493 e. The molecule has 0 bridgehead atoms. The van der Waals surface area contributed by atoms with E-state index in [9.17, 15) is 14.7 Å². The first-order chi connectivity index (χ1) is 12.4. The first-order valence-electron chi connectivity index (χ1n) is 7.78. The highest BCUT2D eigenvalue weighted by molar-refractivity contribution is 6.34. The summed E-state index contributed by atoms with van der Waals surface area (Å²) in [4.78, 5) is 31.5. The normalized spacial score (nSPS) is 20.0. The van der Waals surface area contributed by atoms with Crippen LogP contribution in [0.1, 0.15) is 12.8 Å². The van der Waals surface area contributed by atoms with Crippen LogP contribution in [0.2, 0.25) is 5.15 Å². The molecule has 2 heterocycles. The fraction of sp³-hybridized carbons (Fsp3) is 0.375. The number of carboxylic acid groups (broad SMARTS) is 2. The Balaban J connectivity index is 1.87. The van der Waals surface area contributed by atoms with Crippen molar-refractivity contribution in [3.63, 3.8) is 0 Å². The minimum atomic E-state index is -1.26. The maximum atomic E-state index is 11.4. The zero-order valence-corrected chi connectivity index (χ0v) is 14.5. The summed E-state index contributed by atoms with van der Waals surface area (Å²) in [5.74, 6) is -0.419. The average Bonchev–Trinajstić information content (AvgIpc) is 2.61. The van der Waals surface area contributed by atoms with Crippen LogP contribution in [0.15, 0.2) is 18.5 Å². The summed E-state index contributed by atoms with van der Waals surface area (Å²) < 4.78 is 11.2. The van der Waals surface area contributed by atoms with Gasteiger partial charge in [-0.15, -0.1) is 0 Å². The van der Waals surface area contributed by atoms with E-state index in [-0.39, 0.29) is 18.1 Å². The number of halogens is 1. The molecule has 0 radical (unpaired) electrons. The lowest BCUT2D eigenvalue weighted by Gasteiger charge is -2.35. The van der Waals surface area contributed by atoms with E-state index in [1.54, 1.807) is 12.1 Å². The Kier molecular flexibility index (Phi) is 4.99. The van der Waals surface area contributed by atoms with Crippen molar-refractivity contribution in [2.24, 2.45) is 0 Å². The van der Waals surface area contributed by atoms with Crippen LogP contribution in [-0.4, -0.2) is 62.9 Å². The van der Waals surface area contributed by atoms with Gasteiger partial charge in [0.2, 0.25) is 0 Å². The topological polar surface area (TPSA) is 122 Å². The summed E-state index contributed by atoms with van der Waals surface area (Å²) in [7, 11) is 1.48. The molecule has 2 aromatic rings. The van der Waals surface area contributed by atoms with Crippen LogP contribution in [0.25, 0.3) is 10.9 Å². The Morgan fingerprint density at radius 2 is 2.04 bits per heavy atom. The number of amides is 1. The van der Waals surface area contributed by atoms with Crippen LogP contribution < -0.4 is 9.47 Å². The highest BCUT2D eigenvalue weighted by Crippen LogP contribution is 2.35. The number of benzene rings is 1. The second kappa shape index (κ2) is 7.20. The second-order valence-corrected chi connectivity index (χ2v) is 6.14. The number of carbonyl (C=O) groups is 2. The Hall–Kier alpha value is -2.81. The number of methoxy groups -OCH3 is 1. The monoisotopic (exact) mass is 381 g/mol. The largest absolute Gasteiger partial charge is 0.493 e. The van der Waals surface area contributed by atoms with Gasteiger partial charge in [-0.25, -0.2) is 19.6 Å². The van der Waals surface area contributed by atoms with E-state index in [0.717, 1.165) is 4.90 Å². The molecule has 1 saturated heterocycles. The first-order valence-corrected chi connectivity index (χ1v) is 8.15. The van der Waals surface area contributed by atoms with E-state index in [2.05, 4.69) is 9.97 Å². The number of aliphatic carboxylic acids is 1. The number of carboxylic acids is 1. The molecule has 10 heteroatoms. The molecule has 9 nitrogen and oxygen atoms in total. The van der Waals surface area contributed by atoms with Crippen molar-refractivity contribution in [1.29, 1.82) is 0 Å². The molecule has 0 spiro atoms. The van der Waals surface area contributed by atoms with Crippen molar-refractivity contribution in [2.75, 3.05) is 13.7 Å². The van der Waals surface area contributed by atoms with Crippen LogP contribution >= 0.6 is 11.6 Å².